The van der Waals surface area contributed by atoms with Crippen molar-refractivity contribution >= 4 is 12.1 Å². The van der Waals surface area contributed by atoms with Crippen LogP contribution >= 0.6 is 0 Å². The highest BCUT2D eigenvalue weighted by Gasteiger charge is 2.26. The molecule has 0 aromatic rings. The molecule has 1 amide bonds. The summed E-state index contributed by atoms with van der Waals surface area (Å²) in [5.74, 6) is 0.100. The van der Waals surface area contributed by atoms with Crippen molar-refractivity contribution in [3.05, 3.63) is 0 Å². The molecule has 0 saturated heterocycles. The average molecular weight is 271 g/mol. The van der Waals surface area contributed by atoms with Gasteiger partial charge in [0.15, 0.2) is 0 Å². The van der Waals surface area contributed by atoms with Crippen LogP contribution in [-0.4, -0.2) is 31.8 Å². The molecule has 0 aromatic heterocycles. The van der Waals surface area contributed by atoms with Crippen LogP contribution in [0.3, 0.4) is 0 Å². The molecule has 0 heterocycles. The van der Waals surface area contributed by atoms with Crippen molar-refractivity contribution in [2.24, 2.45) is 5.92 Å². The van der Waals surface area contributed by atoms with Crippen molar-refractivity contribution in [3.63, 3.8) is 0 Å². The molecular formula is C14H25NO4. The largest absolute Gasteiger partial charge is 0.467 e. The van der Waals surface area contributed by atoms with Crippen LogP contribution in [0, 0.1) is 5.92 Å². The van der Waals surface area contributed by atoms with Crippen molar-refractivity contribution in [1.82, 2.24) is 5.32 Å². The van der Waals surface area contributed by atoms with Gasteiger partial charge in [0, 0.05) is 0 Å². The molecule has 0 aliphatic heterocycles. The predicted molar refractivity (Wildman–Crippen MR) is 71.8 cm³/mol. The van der Waals surface area contributed by atoms with E-state index in [9.17, 15) is 9.59 Å². The average Bonchev–Trinajstić information content (AvgIpc) is 2.44. The number of hydrogen-bond acceptors (Lipinski definition) is 4. The molecule has 1 atom stereocenters. The lowest BCUT2D eigenvalue weighted by molar-refractivity contribution is -0.143. The van der Waals surface area contributed by atoms with Gasteiger partial charge in [0.2, 0.25) is 0 Å². The van der Waals surface area contributed by atoms with Gasteiger partial charge < -0.3 is 14.8 Å². The molecule has 1 N–H and O–H groups in total. The minimum Gasteiger partial charge on any atom is -0.467 e. The molecule has 0 radical (unpaired) electrons. The third kappa shape index (κ3) is 5.94. The quantitative estimate of drug-likeness (QED) is 0.754. The number of rotatable bonds is 6. The van der Waals surface area contributed by atoms with Gasteiger partial charge in [0.1, 0.15) is 6.04 Å². The third-order valence-corrected chi connectivity index (χ3v) is 3.51. The summed E-state index contributed by atoms with van der Waals surface area (Å²) in [6.45, 7) is 2.29. The van der Waals surface area contributed by atoms with E-state index in [1.807, 2.05) is 6.92 Å². The number of methoxy groups -OCH3 is 1. The van der Waals surface area contributed by atoms with Crippen molar-refractivity contribution in [1.29, 1.82) is 0 Å². The number of alkyl carbamates (subject to hydrolysis) is 1. The van der Waals surface area contributed by atoms with Gasteiger partial charge in [0.05, 0.1) is 13.7 Å². The van der Waals surface area contributed by atoms with Crippen molar-refractivity contribution in [2.45, 2.75) is 57.9 Å². The van der Waals surface area contributed by atoms with Crippen LogP contribution in [0.15, 0.2) is 0 Å². The zero-order valence-electron chi connectivity index (χ0n) is 11.9. The molecule has 1 saturated carbocycles. The Kier molecular flexibility index (Phi) is 7.30. The highest BCUT2D eigenvalue weighted by Crippen LogP contribution is 2.27. The molecule has 0 bridgehead atoms. The van der Waals surface area contributed by atoms with E-state index >= 15 is 0 Å². The van der Waals surface area contributed by atoms with Crippen molar-refractivity contribution < 1.29 is 19.1 Å². The lowest BCUT2D eigenvalue weighted by Gasteiger charge is -2.25. The fourth-order valence-corrected chi connectivity index (χ4v) is 2.49. The summed E-state index contributed by atoms with van der Waals surface area (Å²) in [5.41, 5.74) is 0. The Morgan fingerprint density at radius 3 is 2.53 bits per heavy atom. The summed E-state index contributed by atoms with van der Waals surface area (Å²) in [5, 5.41) is 2.61. The second kappa shape index (κ2) is 8.77. The third-order valence-electron chi connectivity index (χ3n) is 3.51. The van der Waals surface area contributed by atoms with Crippen LogP contribution < -0.4 is 5.32 Å². The molecule has 0 spiro atoms. The Morgan fingerprint density at radius 1 is 1.26 bits per heavy atom. The minimum absolute atomic E-state index is 0.364. The highest BCUT2D eigenvalue weighted by atomic mass is 16.6. The van der Waals surface area contributed by atoms with Crippen molar-refractivity contribution in [3.8, 4) is 0 Å². The molecule has 1 aliphatic rings. The smallest absolute Gasteiger partial charge is 0.407 e. The zero-order chi connectivity index (χ0) is 14.1. The van der Waals surface area contributed by atoms with E-state index in [1.165, 1.54) is 26.4 Å². The molecule has 110 valence electrons. The number of ether oxygens (including phenoxy) is 2. The van der Waals surface area contributed by atoms with Crippen LogP contribution in [0.5, 0.6) is 0 Å². The molecular weight excluding hydrogens is 246 g/mol. The number of nitrogens with one attached hydrogen (secondary N) is 1. The maximum absolute atomic E-state index is 11.7. The van der Waals surface area contributed by atoms with E-state index in [-0.39, 0.29) is 5.97 Å². The molecule has 1 fully saturated rings. The van der Waals surface area contributed by atoms with Crippen LogP contribution in [0.25, 0.3) is 0 Å². The van der Waals surface area contributed by atoms with Crippen LogP contribution in [0.4, 0.5) is 4.79 Å². The fourth-order valence-electron chi connectivity index (χ4n) is 2.49. The number of amides is 1. The number of carbonyl (C=O) groups is 2. The number of carbonyl (C=O) groups excluding carboxylic acids is 2. The minimum atomic E-state index is -0.586. The van der Waals surface area contributed by atoms with E-state index in [0.29, 0.717) is 18.9 Å². The normalized spacial score (nSPS) is 17.6. The Hall–Kier alpha value is -1.26. The maximum atomic E-state index is 11.7. The first kappa shape index (κ1) is 15.8. The topological polar surface area (TPSA) is 64.6 Å². The lowest BCUT2D eigenvalue weighted by Crippen LogP contribution is -2.43. The van der Waals surface area contributed by atoms with Crippen molar-refractivity contribution in [2.75, 3.05) is 13.7 Å². The summed E-state index contributed by atoms with van der Waals surface area (Å²) in [4.78, 5) is 23.2. The molecule has 5 nitrogen and oxygen atoms in total. The van der Waals surface area contributed by atoms with Gasteiger partial charge in [-0.1, -0.05) is 39.0 Å². The summed E-state index contributed by atoms with van der Waals surface area (Å²) >= 11 is 0. The van der Waals surface area contributed by atoms with Crippen LogP contribution in [0.2, 0.25) is 0 Å². The van der Waals surface area contributed by atoms with E-state index in [1.54, 1.807) is 0 Å². The van der Waals surface area contributed by atoms with Gasteiger partial charge in [-0.2, -0.15) is 0 Å². The van der Waals surface area contributed by atoms with Gasteiger partial charge in [-0.3, -0.25) is 0 Å². The molecule has 1 rings (SSSR count). The fraction of sp³-hybridized carbons (Fsp3) is 0.857. The lowest BCUT2D eigenvalue weighted by atomic mass is 9.85. The standard InChI is InChI=1S/C14H25NO4/c1-3-9-19-14(17)15-12(13(16)18-2)10-11-7-5-4-6-8-11/h11-12H,3-10H2,1-2H3,(H,15,17)/t12-/m0/s1. The molecule has 0 aromatic carbocycles. The van der Waals surface area contributed by atoms with Gasteiger partial charge in [-0.05, 0) is 18.8 Å². The van der Waals surface area contributed by atoms with Gasteiger partial charge >= 0.3 is 12.1 Å². The van der Waals surface area contributed by atoms with Crippen LogP contribution in [0.1, 0.15) is 51.9 Å². The summed E-state index contributed by atoms with van der Waals surface area (Å²) < 4.78 is 9.70. The monoisotopic (exact) mass is 271 g/mol. The van der Waals surface area contributed by atoms with Crippen LogP contribution in [-0.2, 0) is 14.3 Å². The Balaban J connectivity index is 2.46. The first-order chi connectivity index (χ1) is 9.17. The second-order valence-corrected chi connectivity index (χ2v) is 5.10. The zero-order valence-corrected chi connectivity index (χ0v) is 11.9. The first-order valence-electron chi connectivity index (χ1n) is 7.18. The molecule has 5 heteroatoms. The van der Waals surface area contributed by atoms with E-state index in [4.69, 9.17) is 9.47 Å². The van der Waals surface area contributed by atoms with E-state index in [0.717, 1.165) is 19.3 Å². The SMILES string of the molecule is CCCOC(=O)N[C@@H](CC1CCCCC1)C(=O)OC. The van der Waals surface area contributed by atoms with Gasteiger partial charge in [-0.15, -0.1) is 0 Å². The Labute approximate surface area is 115 Å². The maximum Gasteiger partial charge on any atom is 0.407 e. The summed E-state index contributed by atoms with van der Waals surface area (Å²) in [7, 11) is 1.34. The number of esters is 1. The van der Waals surface area contributed by atoms with Gasteiger partial charge in [0.25, 0.3) is 0 Å². The molecule has 0 unspecified atom stereocenters. The van der Waals surface area contributed by atoms with Gasteiger partial charge in [-0.25, -0.2) is 9.59 Å². The Morgan fingerprint density at radius 2 is 1.95 bits per heavy atom. The Bertz CT molecular complexity index is 287. The summed E-state index contributed by atoms with van der Waals surface area (Å²) in [6, 6.07) is -0.586. The highest BCUT2D eigenvalue weighted by molar-refractivity contribution is 5.81. The molecule has 19 heavy (non-hydrogen) atoms. The predicted octanol–water partition coefficient (Wildman–Crippen LogP) is 2.63. The van der Waals surface area contributed by atoms with E-state index < -0.39 is 12.1 Å². The number of hydrogen-bond donors (Lipinski definition) is 1. The molecule has 1 aliphatic carbocycles. The first-order valence-corrected chi connectivity index (χ1v) is 7.18. The second-order valence-electron chi connectivity index (χ2n) is 5.10. The summed E-state index contributed by atoms with van der Waals surface area (Å²) in [6.07, 6.45) is 6.81. The van der Waals surface area contributed by atoms with E-state index in [2.05, 4.69) is 5.32 Å².